The molecule has 0 aliphatic heterocycles. The average molecular weight is 405 g/mol. The standard InChI is InChI=1S/C19H21N3O3S2/c1-21(2)12-13-22(19-20-16-10-6-7-11-17(16)26-19)18(23)14-27(24,25)15-8-4-3-5-9-15/h3-11H,12-14H2,1-2H3/p+1. The SMILES string of the molecule is C[NH+](C)CCN(C(=O)CS(=O)(=O)c1ccccc1)c1nc2ccccc2s1. The lowest BCUT2D eigenvalue weighted by Crippen LogP contribution is -3.06. The van der Waals surface area contributed by atoms with Gasteiger partial charge in [0, 0.05) is 0 Å². The summed E-state index contributed by atoms with van der Waals surface area (Å²) in [6.45, 7) is 1.10. The molecule has 6 nitrogen and oxygen atoms in total. The molecule has 3 aromatic rings. The first kappa shape index (κ1) is 19.5. The number of hydrogen-bond donors (Lipinski definition) is 1. The van der Waals surface area contributed by atoms with Gasteiger partial charge in [-0.1, -0.05) is 41.7 Å². The van der Waals surface area contributed by atoms with Crippen LogP contribution in [0.4, 0.5) is 5.13 Å². The minimum atomic E-state index is -3.70. The fourth-order valence-corrected chi connectivity index (χ4v) is 4.82. The number of sulfone groups is 1. The molecule has 1 aromatic heterocycles. The predicted octanol–water partition coefficient (Wildman–Crippen LogP) is 1.25. The van der Waals surface area contributed by atoms with E-state index in [9.17, 15) is 13.2 Å². The second kappa shape index (κ2) is 8.16. The van der Waals surface area contributed by atoms with Crippen LogP contribution in [0.15, 0.2) is 59.5 Å². The number of nitrogens with one attached hydrogen (secondary N) is 1. The summed E-state index contributed by atoms with van der Waals surface area (Å²) in [5, 5.41) is 0.533. The van der Waals surface area contributed by atoms with Crippen LogP contribution in [0.1, 0.15) is 0 Å². The Morgan fingerprint density at radius 2 is 1.74 bits per heavy atom. The molecule has 1 heterocycles. The second-order valence-electron chi connectivity index (χ2n) is 6.54. The maximum absolute atomic E-state index is 12.9. The molecule has 0 spiro atoms. The zero-order chi connectivity index (χ0) is 19.4. The van der Waals surface area contributed by atoms with Gasteiger partial charge in [-0.25, -0.2) is 13.4 Å². The Hall–Kier alpha value is -2.29. The van der Waals surface area contributed by atoms with Gasteiger partial charge in [0.1, 0.15) is 5.75 Å². The lowest BCUT2D eigenvalue weighted by atomic mass is 10.3. The number of anilines is 1. The molecule has 0 saturated carbocycles. The molecule has 27 heavy (non-hydrogen) atoms. The highest BCUT2D eigenvalue weighted by Gasteiger charge is 2.26. The second-order valence-corrected chi connectivity index (χ2v) is 9.54. The van der Waals surface area contributed by atoms with Crippen LogP contribution in [-0.4, -0.2) is 52.2 Å². The van der Waals surface area contributed by atoms with Crippen LogP contribution < -0.4 is 9.80 Å². The van der Waals surface area contributed by atoms with Crippen LogP contribution in [-0.2, 0) is 14.6 Å². The minimum Gasteiger partial charge on any atom is -0.338 e. The first-order chi connectivity index (χ1) is 12.9. The van der Waals surface area contributed by atoms with E-state index in [1.165, 1.54) is 33.3 Å². The molecule has 0 bridgehead atoms. The zero-order valence-electron chi connectivity index (χ0n) is 15.3. The van der Waals surface area contributed by atoms with E-state index in [2.05, 4.69) is 4.98 Å². The molecular formula is C19H22N3O3S2+. The summed E-state index contributed by atoms with van der Waals surface area (Å²) < 4.78 is 26.2. The zero-order valence-corrected chi connectivity index (χ0v) is 16.9. The summed E-state index contributed by atoms with van der Waals surface area (Å²) in [7, 11) is 0.273. The van der Waals surface area contributed by atoms with Crippen molar-refractivity contribution in [3.8, 4) is 0 Å². The van der Waals surface area contributed by atoms with E-state index in [1.54, 1.807) is 18.2 Å². The van der Waals surface area contributed by atoms with Crippen molar-refractivity contribution in [2.24, 2.45) is 0 Å². The van der Waals surface area contributed by atoms with Gasteiger partial charge in [0.2, 0.25) is 5.91 Å². The van der Waals surface area contributed by atoms with Gasteiger partial charge in [-0.05, 0) is 24.3 Å². The number of aromatic nitrogens is 1. The lowest BCUT2D eigenvalue weighted by Gasteiger charge is -2.20. The predicted molar refractivity (Wildman–Crippen MR) is 108 cm³/mol. The topological polar surface area (TPSA) is 71.8 Å². The largest absolute Gasteiger partial charge is 0.338 e. The Morgan fingerprint density at radius 3 is 2.41 bits per heavy atom. The summed E-state index contributed by atoms with van der Waals surface area (Å²) in [5.41, 5.74) is 0.804. The number of rotatable bonds is 7. The van der Waals surface area contributed by atoms with Crippen LogP contribution in [0.25, 0.3) is 10.2 Å². The van der Waals surface area contributed by atoms with E-state index in [1.807, 2.05) is 38.4 Å². The van der Waals surface area contributed by atoms with Crippen LogP contribution in [0.2, 0.25) is 0 Å². The van der Waals surface area contributed by atoms with Crippen molar-refractivity contribution in [1.29, 1.82) is 0 Å². The Morgan fingerprint density at radius 1 is 1.07 bits per heavy atom. The van der Waals surface area contributed by atoms with E-state index in [-0.39, 0.29) is 4.90 Å². The first-order valence-corrected chi connectivity index (χ1v) is 11.1. The van der Waals surface area contributed by atoms with Crippen molar-refractivity contribution in [3.63, 3.8) is 0 Å². The third-order valence-corrected chi connectivity index (χ3v) is 6.74. The van der Waals surface area contributed by atoms with Crippen molar-refractivity contribution >= 4 is 42.4 Å². The summed E-state index contributed by atoms with van der Waals surface area (Å²) >= 11 is 1.40. The van der Waals surface area contributed by atoms with Gasteiger partial charge in [-0.2, -0.15) is 0 Å². The van der Waals surface area contributed by atoms with Crippen molar-refractivity contribution in [3.05, 3.63) is 54.6 Å². The smallest absolute Gasteiger partial charge is 0.244 e. The van der Waals surface area contributed by atoms with E-state index in [0.717, 1.165) is 10.2 Å². The monoisotopic (exact) mass is 404 g/mol. The molecular weight excluding hydrogens is 382 g/mol. The molecule has 0 saturated heterocycles. The third kappa shape index (κ3) is 4.71. The Labute approximate surface area is 163 Å². The molecule has 8 heteroatoms. The summed E-state index contributed by atoms with van der Waals surface area (Å²) in [6, 6.07) is 15.7. The first-order valence-electron chi connectivity index (χ1n) is 8.59. The highest BCUT2D eigenvalue weighted by Crippen LogP contribution is 2.28. The molecule has 1 N–H and O–H groups in total. The number of thiazole rings is 1. The van der Waals surface area contributed by atoms with Crippen molar-refractivity contribution in [2.45, 2.75) is 4.90 Å². The van der Waals surface area contributed by atoms with Crippen molar-refractivity contribution < 1.29 is 18.1 Å². The maximum Gasteiger partial charge on any atom is 0.244 e. The minimum absolute atomic E-state index is 0.154. The summed E-state index contributed by atoms with van der Waals surface area (Å²) in [4.78, 5) is 20.3. The number of hydrogen-bond acceptors (Lipinski definition) is 5. The number of fused-ring (bicyclic) bond motifs is 1. The van der Waals surface area contributed by atoms with Gasteiger partial charge in [-0.15, -0.1) is 0 Å². The number of quaternary nitrogens is 1. The van der Waals surface area contributed by atoms with Crippen LogP contribution in [0, 0.1) is 0 Å². The van der Waals surface area contributed by atoms with Crippen LogP contribution in [0.3, 0.4) is 0 Å². The molecule has 1 amide bonds. The number of carbonyl (C=O) groups excluding carboxylic acids is 1. The van der Waals surface area contributed by atoms with Gasteiger partial charge >= 0.3 is 0 Å². The quantitative estimate of drug-likeness (QED) is 0.643. The van der Waals surface area contributed by atoms with Crippen molar-refractivity contribution in [1.82, 2.24) is 4.98 Å². The maximum atomic E-state index is 12.9. The molecule has 0 fully saturated rings. The lowest BCUT2D eigenvalue weighted by molar-refractivity contribution is -0.856. The molecule has 142 valence electrons. The fraction of sp³-hybridized carbons (Fsp3) is 0.263. The number of para-hydroxylation sites is 1. The van der Waals surface area contributed by atoms with E-state index in [4.69, 9.17) is 0 Å². The third-order valence-electron chi connectivity index (χ3n) is 4.07. The summed E-state index contributed by atoms with van der Waals surface area (Å²) in [6.07, 6.45) is 0. The molecule has 0 atom stereocenters. The van der Waals surface area contributed by atoms with E-state index >= 15 is 0 Å². The van der Waals surface area contributed by atoms with Gasteiger partial charge in [0.05, 0.1) is 42.3 Å². The number of likely N-dealkylation sites (N-methyl/N-ethyl adjacent to an activating group) is 1. The van der Waals surface area contributed by atoms with Gasteiger partial charge in [0.15, 0.2) is 15.0 Å². The molecule has 0 radical (unpaired) electrons. The van der Waals surface area contributed by atoms with Gasteiger partial charge in [0.25, 0.3) is 0 Å². The number of carbonyl (C=O) groups is 1. The van der Waals surface area contributed by atoms with Crippen LogP contribution >= 0.6 is 11.3 Å². The van der Waals surface area contributed by atoms with Gasteiger partial charge in [-0.3, -0.25) is 9.69 Å². The Balaban J connectivity index is 1.89. The molecule has 0 aliphatic carbocycles. The molecule has 0 unspecified atom stereocenters. The highest BCUT2D eigenvalue weighted by atomic mass is 32.2. The normalized spacial score (nSPS) is 11.8. The number of benzene rings is 2. The highest BCUT2D eigenvalue weighted by molar-refractivity contribution is 7.92. The molecule has 3 rings (SSSR count). The van der Waals surface area contributed by atoms with Gasteiger partial charge < -0.3 is 4.90 Å². The molecule has 0 aliphatic rings. The Bertz CT molecular complexity index is 998. The van der Waals surface area contributed by atoms with Crippen molar-refractivity contribution in [2.75, 3.05) is 37.8 Å². The number of nitrogens with zero attached hydrogens (tertiary/aromatic N) is 2. The number of amides is 1. The molecule has 2 aromatic carbocycles. The fourth-order valence-electron chi connectivity index (χ4n) is 2.59. The van der Waals surface area contributed by atoms with Crippen LogP contribution in [0.5, 0.6) is 0 Å². The summed E-state index contributed by atoms with van der Waals surface area (Å²) in [5.74, 6) is -1.03. The Kier molecular flexibility index (Phi) is 5.88. The van der Waals surface area contributed by atoms with E-state index in [0.29, 0.717) is 18.2 Å². The average Bonchev–Trinajstić information content (AvgIpc) is 3.05. The van der Waals surface area contributed by atoms with E-state index < -0.39 is 21.5 Å².